The van der Waals surface area contributed by atoms with Crippen molar-refractivity contribution in [2.45, 2.75) is 13.8 Å². The molecule has 1 aromatic rings. The molecule has 16 heavy (non-hydrogen) atoms. The molecule has 0 atom stereocenters. The van der Waals surface area contributed by atoms with E-state index in [-0.39, 0.29) is 5.97 Å². The third-order valence-electron chi connectivity index (χ3n) is 2.23. The van der Waals surface area contributed by atoms with Crippen LogP contribution in [0.15, 0.2) is 12.1 Å². The van der Waals surface area contributed by atoms with Crippen molar-refractivity contribution in [1.82, 2.24) is 0 Å². The number of aryl methyl sites for hydroxylation is 1. The van der Waals surface area contributed by atoms with Gasteiger partial charge < -0.3 is 14.2 Å². The van der Waals surface area contributed by atoms with Crippen LogP contribution < -0.4 is 9.47 Å². The highest BCUT2D eigenvalue weighted by Gasteiger charge is 2.14. The Bertz CT molecular complexity index is 385. The molecule has 1 aromatic carbocycles. The number of carbonyl (C=O) groups is 1. The Hall–Kier alpha value is -1.71. The zero-order chi connectivity index (χ0) is 12.1. The molecule has 88 valence electrons. The van der Waals surface area contributed by atoms with E-state index >= 15 is 0 Å². The zero-order valence-corrected chi connectivity index (χ0v) is 9.99. The third kappa shape index (κ3) is 2.45. The van der Waals surface area contributed by atoms with Gasteiger partial charge in [-0.2, -0.15) is 0 Å². The zero-order valence-electron chi connectivity index (χ0n) is 9.99. The van der Waals surface area contributed by atoms with E-state index in [9.17, 15) is 4.79 Å². The minimum Gasteiger partial charge on any atom is -0.493 e. The summed E-state index contributed by atoms with van der Waals surface area (Å²) in [4.78, 5) is 11.6. The number of rotatable bonds is 4. The average Bonchev–Trinajstić information content (AvgIpc) is 2.28. The van der Waals surface area contributed by atoms with E-state index in [1.165, 1.54) is 7.11 Å². The van der Waals surface area contributed by atoms with Crippen molar-refractivity contribution in [3.05, 3.63) is 23.3 Å². The molecule has 0 unspecified atom stereocenters. The van der Waals surface area contributed by atoms with Crippen LogP contribution in [-0.2, 0) is 4.74 Å². The predicted molar refractivity (Wildman–Crippen MR) is 60.2 cm³/mol. The summed E-state index contributed by atoms with van der Waals surface area (Å²) in [6.45, 7) is 3.95. The van der Waals surface area contributed by atoms with Crippen molar-refractivity contribution < 1.29 is 19.0 Å². The van der Waals surface area contributed by atoms with Crippen LogP contribution >= 0.6 is 0 Å². The lowest BCUT2D eigenvalue weighted by Gasteiger charge is -2.11. The first-order valence-electron chi connectivity index (χ1n) is 5.03. The fourth-order valence-corrected chi connectivity index (χ4v) is 1.41. The first kappa shape index (κ1) is 12.4. The van der Waals surface area contributed by atoms with Gasteiger partial charge in [-0.3, -0.25) is 0 Å². The van der Waals surface area contributed by atoms with Crippen LogP contribution in [-0.4, -0.2) is 26.8 Å². The molecular weight excluding hydrogens is 208 g/mol. The van der Waals surface area contributed by atoms with Gasteiger partial charge in [0.25, 0.3) is 0 Å². The number of hydrogen-bond donors (Lipinski definition) is 0. The second-order valence-corrected chi connectivity index (χ2v) is 3.24. The molecular formula is C12H16O4. The largest absolute Gasteiger partial charge is 0.493 e. The van der Waals surface area contributed by atoms with E-state index in [1.807, 2.05) is 6.92 Å². The van der Waals surface area contributed by atoms with Crippen LogP contribution in [0.5, 0.6) is 11.5 Å². The van der Waals surface area contributed by atoms with Gasteiger partial charge in [-0.05, 0) is 31.5 Å². The van der Waals surface area contributed by atoms with Gasteiger partial charge in [0.05, 0.1) is 26.4 Å². The van der Waals surface area contributed by atoms with Crippen molar-refractivity contribution in [3.8, 4) is 11.5 Å². The molecule has 0 saturated carbocycles. The Kier molecular flexibility index (Phi) is 4.17. The van der Waals surface area contributed by atoms with Crippen molar-refractivity contribution in [2.75, 3.05) is 20.8 Å². The van der Waals surface area contributed by atoms with Crippen LogP contribution in [0.3, 0.4) is 0 Å². The topological polar surface area (TPSA) is 44.8 Å². The van der Waals surface area contributed by atoms with Gasteiger partial charge in [-0.25, -0.2) is 4.79 Å². The number of ether oxygens (including phenoxy) is 3. The molecule has 0 aliphatic heterocycles. The number of benzene rings is 1. The minimum absolute atomic E-state index is 0.346. The van der Waals surface area contributed by atoms with Crippen LogP contribution in [0.25, 0.3) is 0 Å². The monoisotopic (exact) mass is 224 g/mol. The van der Waals surface area contributed by atoms with Crippen molar-refractivity contribution >= 4 is 5.97 Å². The lowest BCUT2D eigenvalue weighted by Crippen LogP contribution is -2.07. The molecule has 0 aliphatic rings. The SMILES string of the molecule is CCOC(=O)c1cc(OC)c(OC)cc1C. The highest BCUT2D eigenvalue weighted by Crippen LogP contribution is 2.30. The molecule has 0 radical (unpaired) electrons. The third-order valence-corrected chi connectivity index (χ3v) is 2.23. The second-order valence-electron chi connectivity index (χ2n) is 3.24. The molecule has 0 saturated heterocycles. The maximum atomic E-state index is 11.6. The van der Waals surface area contributed by atoms with E-state index in [4.69, 9.17) is 14.2 Å². The summed E-state index contributed by atoms with van der Waals surface area (Å²) < 4.78 is 15.2. The van der Waals surface area contributed by atoms with E-state index in [0.29, 0.717) is 23.7 Å². The molecule has 1 rings (SSSR count). The Morgan fingerprint density at radius 3 is 2.25 bits per heavy atom. The van der Waals surface area contributed by atoms with Gasteiger partial charge in [0.15, 0.2) is 11.5 Å². The van der Waals surface area contributed by atoms with E-state index in [2.05, 4.69) is 0 Å². The summed E-state index contributed by atoms with van der Waals surface area (Å²) in [5.41, 5.74) is 1.30. The van der Waals surface area contributed by atoms with E-state index < -0.39 is 0 Å². The first-order valence-corrected chi connectivity index (χ1v) is 5.03. The highest BCUT2D eigenvalue weighted by atomic mass is 16.5. The first-order chi connectivity index (χ1) is 7.63. The van der Waals surface area contributed by atoms with E-state index in [1.54, 1.807) is 26.2 Å². The summed E-state index contributed by atoms with van der Waals surface area (Å²) in [7, 11) is 3.09. The molecule has 0 aromatic heterocycles. The number of methoxy groups -OCH3 is 2. The normalized spacial score (nSPS) is 9.75. The fraction of sp³-hybridized carbons (Fsp3) is 0.417. The number of esters is 1. The average molecular weight is 224 g/mol. The van der Waals surface area contributed by atoms with E-state index in [0.717, 1.165) is 5.56 Å². The van der Waals surface area contributed by atoms with Crippen molar-refractivity contribution in [2.24, 2.45) is 0 Å². The van der Waals surface area contributed by atoms with Gasteiger partial charge >= 0.3 is 5.97 Å². The maximum absolute atomic E-state index is 11.6. The minimum atomic E-state index is -0.346. The fourth-order valence-electron chi connectivity index (χ4n) is 1.41. The van der Waals surface area contributed by atoms with Crippen LogP contribution in [0.1, 0.15) is 22.8 Å². The summed E-state index contributed by atoms with van der Waals surface area (Å²) in [6.07, 6.45) is 0. The molecule has 4 nitrogen and oxygen atoms in total. The lowest BCUT2D eigenvalue weighted by molar-refractivity contribution is 0.0525. The lowest BCUT2D eigenvalue weighted by atomic mass is 10.1. The molecule has 0 aliphatic carbocycles. The second kappa shape index (κ2) is 5.39. The summed E-state index contributed by atoms with van der Waals surface area (Å²) >= 11 is 0. The number of carbonyl (C=O) groups excluding carboxylic acids is 1. The number of hydrogen-bond acceptors (Lipinski definition) is 4. The molecule has 0 spiro atoms. The Balaban J connectivity index is 3.15. The van der Waals surface area contributed by atoms with Gasteiger partial charge in [0.1, 0.15) is 0 Å². The van der Waals surface area contributed by atoms with Crippen molar-refractivity contribution in [3.63, 3.8) is 0 Å². The predicted octanol–water partition coefficient (Wildman–Crippen LogP) is 2.19. The summed E-state index contributed by atoms with van der Waals surface area (Å²) in [5.74, 6) is 0.783. The van der Waals surface area contributed by atoms with Crippen molar-refractivity contribution in [1.29, 1.82) is 0 Å². The standard InChI is InChI=1S/C12H16O4/c1-5-16-12(13)9-7-11(15-4)10(14-3)6-8(9)2/h6-7H,5H2,1-4H3. The van der Waals surface area contributed by atoms with Crippen LogP contribution in [0.4, 0.5) is 0 Å². The Labute approximate surface area is 95.1 Å². The Morgan fingerprint density at radius 1 is 1.19 bits per heavy atom. The van der Waals surface area contributed by atoms with Crippen LogP contribution in [0.2, 0.25) is 0 Å². The highest BCUT2D eigenvalue weighted by molar-refractivity contribution is 5.92. The quantitative estimate of drug-likeness (QED) is 0.735. The van der Waals surface area contributed by atoms with Gasteiger partial charge in [-0.15, -0.1) is 0 Å². The Morgan fingerprint density at radius 2 is 1.75 bits per heavy atom. The molecule has 0 heterocycles. The molecule has 0 amide bonds. The smallest absolute Gasteiger partial charge is 0.338 e. The summed E-state index contributed by atoms with van der Waals surface area (Å²) in [5, 5.41) is 0. The molecule has 0 bridgehead atoms. The van der Waals surface area contributed by atoms with Crippen LogP contribution in [0, 0.1) is 6.92 Å². The molecule has 4 heteroatoms. The molecule has 0 N–H and O–H groups in total. The van der Waals surface area contributed by atoms with Gasteiger partial charge in [-0.1, -0.05) is 0 Å². The summed E-state index contributed by atoms with van der Waals surface area (Å²) in [6, 6.07) is 3.39. The van der Waals surface area contributed by atoms with Gasteiger partial charge in [0.2, 0.25) is 0 Å². The maximum Gasteiger partial charge on any atom is 0.338 e. The molecule has 0 fully saturated rings. The van der Waals surface area contributed by atoms with Gasteiger partial charge in [0, 0.05) is 0 Å².